The van der Waals surface area contributed by atoms with Crippen molar-refractivity contribution in [2.45, 2.75) is 97.1 Å². The van der Waals surface area contributed by atoms with E-state index in [1.807, 2.05) is 66.5 Å². The highest BCUT2D eigenvalue weighted by Gasteiger charge is 2.21. The highest BCUT2D eigenvalue weighted by Crippen LogP contribution is 2.31. The second-order valence-corrected chi connectivity index (χ2v) is 11.8. The Bertz CT molecular complexity index is 1190. The third-order valence-electron chi connectivity index (χ3n) is 7.47. The van der Waals surface area contributed by atoms with Crippen molar-refractivity contribution in [2.24, 2.45) is 7.05 Å². The number of halogens is 3. The van der Waals surface area contributed by atoms with Crippen molar-refractivity contribution in [3.8, 4) is 5.75 Å². The molecular formula is C35H47Cl2IN2O2. The fourth-order valence-corrected chi connectivity index (χ4v) is 5.49. The topological polar surface area (TPSA) is 33.4 Å². The summed E-state index contributed by atoms with van der Waals surface area (Å²) in [6, 6.07) is 17.0. The van der Waals surface area contributed by atoms with Gasteiger partial charge in [-0.25, -0.2) is 4.57 Å². The van der Waals surface area contributed by atoms with Gasteiger partial charge in [0.25, 0.3) is 5.91 Å². The van der Waals surface area contributed by atoms with Gasteiger partial charge in [-0.1, -0.05) is 125 Å². The van der Waals surface area contributed by atoms with Crippen molar-refractivity contribution in [1.29, 1.82) is 0 Å². The predicted molar refractivity (Wildman–Crippen MR) is 171 cm³/mol. The Hall–Kier alpha value is -1.83. The lowest BCUT2D eigenvalue weighted by molar-refractivity contribution is -0.671. The fourth-order valence-electron chi connectivity index (χ4n) is 5.02. The van der Waals surface area contributed by atoms with Crippen LogP contribution in [0.5, 0.6) is 5.75 Å². The molecule has 0 unspecified atom stereocenters. The average molecular weight is 726 g/mol. The Balaban J connectivity index is 0.00000616. The zero-order valence-electron chi connectivity index (χ0n) is 25.3. The molecule has 0 atom stereocenters. The first-order valence-corrected chi connectivity index (χ1v) is 16.1. The van der Waals surface area contributed by atoms with Gasteiger partial charge in [-0.3, -0.25) is 4.79 Å². The van der Waals surface area contributed by atoms with Gasteiger partial charge < -0.3 is 33.6 Å². The molecule has 3 rings (SSSR count). The molecule has 1 amide bonds. The van der Waals surface area contributed by atoms with Gasteiger partial charge in [0, 0.05) is 24.2 Å². The van der Waals surface area contributed by atoms with Crippen LogP contribution in [0.1, 0.15) is 105 Å². The Morgan fingerprint density at radius 1 is 0.738 bits per heavy atom. The maximum atomic E-state index is 13.7. The number of ether oxygens (including phenoxy) is 1. The number of rotatable bonds is 19. The molecule has 2 aromatic carbocycles. The van der Waals surface area contributed by atoms with E-state index in [1.165, 1.54) is 64.2 Å². The van der Waals surface area contributed by atoms with Crippen LogP contribution in [0.2, 0.25) is 10.0 Å². The van der Waals surface area contributed by atoms with Gasteiger partial charge in [-0.2, -0.15) is 0 Å². The molecule has 42 heavy (non-hydrogen) atoms. The largest absolute Gasteiger partial charge is 1.00 e. The van der Waals surface area contributed by atoms with Crippen molar-refractivity contribution in [3.63, 3.8) is 0 Å². The van der Waals surface area contributed by atoms with Crippen molar-refractivity contribution < 1.29 is 38.1 Å². The second kappa shape index (κ2) is 21.0. The first kappa shape index (κ1) is 36.4. The maximum absolute atomic E-state index is 13.7. The summed E-state index contributed by atoms with van der Waals surface area (Å²) in [6.07, 6.45) is 19.6. The number of unbranched alkanes of at least 4 members (excludes halogenated alkanes) is 11. The zero-order chi connectivity index (χ0) is 29.3. The lowest BCUT2D eigenvalue weighted by Crippen LogP contribution is -3.00. The number of carbonyl (C=O) groups is 1. The number of carbonyl (C=O) groups excluding carboxylic acids is 1. The molecule has 0 spiro atoms. The number of aryl methyl sites for hydroxylation is 1. The Labute approximate surface area is 280 Å². The monoisotopic (exact) mass is 724 g/mol. The number of para-hydroxylation sites is 1. The van der Waals surface area contributed by atoms with Crippen molar-refractivity contribution in [1.82, 2.24) is 4.90 Å². The van der Waals surface area contributed by atoms with E-state index in [4.69, 9.17) is 27.9 Å². The molecule has 1 heterocycles. The molecule has 230 valence electrons. The van der Waals surface area contributed by atoms with E-state index in [1.54, 1.807) is 17.0 Å². The lowest BCUT2D eigenvalue weighted by Gasteiger charge is -2.25. The van der Waals surface area contributed by atoms with Gasteiger partial charge >= 0.3 is 0 Å². The molecule has 4 nitrogen and oxygen atoms in total. The lowest BCUT2D eigenvalue weighted by atomic mass is 10.1. The summed E-state index contributed by atoms with van der Waals surface area (Å²) in [4.78, 5) is 15.5. The first-order valence-electron chi connectivity index (χ1n) is 15.4. The molecule has 0 aliphatic rings. The number of nitrogens with zero attached hydrogens (tertiary/aromatic N) is 2. The number of hydrogen-bond donors (Lipinski definition) is 0. The summed E-state index contributed by atoms with van der Waals surface area (Å²) < 4.78 is 8.21. The minimum absolute atomic E-state index is 0. The SMILES string of the molecule is CCCCCCCCCCCCCCOc1c(Cl)cccc1CN(Cc1cc[n+](C)cc1)C(=O)c1ccccc1Cl.[I-]. The van der Waals surface area contributed by atoms with Crippen LogP contribution in [0.3, 0.4) is 0 Å². The van der Waals surface area contributed by atoms with E-state index in [9.17, 15) is 4.79 Å². The molecule has 0 aliphatic heterocycles. The van der Waals surface area contributed by atoms with Gasteiger partial charge in [0.05, 0.1) is 28.8 Å². The van der Waals surface area contributed by atoms with Crippen molar-refractivity contribution >= 4 is 29.1 Å². The molecule has 0 N–H and O–H groups in total. The molecule has 1 aromatic heterocycles. The van der Waals surface area contributed by atoms with Gasteiger partial charge in [-0.05, 0) is 30.2 Å². The smallest absolute Gasteiger partial charge is 0.255 e. The summed E-state index contributed by atoms with van der Waals surface area (Å²) in [5.41, 5.74) is 2.40. The Morgan fingerprint density at radius 3 is 1.93 bits per heavy atom. The van der Waals surface area contributed by atoms with Gasteiger partial charge in [0.15, 0.2) is 12.4 Å². The summed E-state index contributed by atoms with van der Waals surface area (Å²) in [7, 11) is 1.97. The molecule has 0 saturated heterocycles. The molecular weight excluding hydrogens is 678 g/mol. The quantitative estimate of drug-likeness (QED) is 0.0780. The molecule has 0 fully saturated rings. The Morgan fingerprint density at radius 2 is 1.31 bits per heavy atom. The van der Waals surface area contributed by atoms with Crippen LogP contribution in [0, 0.1) is 0 Å². The third kappa shape index (κ3) is 12.8. The van der Waals surface area contributed by atoms with Crippen molar-refractivity contribution in [2.75, 3.05) is 6.61 Å². The van der Waals surface area contributed by atoms with E-state index < -0.39 is 0 Å². The van der Waals surface area contributed by atoms with Gasteiger partial charge in [0.2, 0.25) is 0 Å². The van der Waals surface area contributed by atoms with Crippen LogP contribution in [-0.4, -0.2) is 17.4 Å². The van der Waals surface area contributed by atoms with Crippen LogP contribution in [-0.2, 0) is 20.1 Å². The predicted octanol–water partition coefficient (Wildman–Crippen LogP) is 6.74. The van der Waals surface area contributed by atoms with E-state index in [0.717, 1.165) is 24.0 Å². The molecule has 0 aliphatic carbocycles. The van der Waals surface area contributed by atoms with E-state index >= 15 is 0 Å². The summed E-state index contributed by atoms with van der Waals surface area (Å²) in [5.74, 6) is 0.532. The summed E-state index contributed by atoms with van der Waals surface area (Å²) in [6.45, 7) is 3.68. The van der Waals surface area contributed by atoms with Crippen LogP contribution >= 0.6 is 23.2 Å². The van der Waals surface area contributed by atoms with Gasteiger partial charge in [0.1, 0.15) is 12.8 Å². The average Bonchev–Trinajstić information content (AvgIpc) is 2.97. The van der Waals surface area contributed by atoms with E-state index in [-0.39, 0.29) is 29.9 Å². The normalized spacial score (nSPS) is 10.8. The van der Waals surface area contributed by atoms with Crippen LogP contribution in [0.25, 0.3) is 0 Å². The van der Waals surface area contributed by atoms with Crippen molar-refractivity contribution in [3.05, 3.63) is 93.7 Å². The molecule has 0 bridgehead atoms. The molecule has 0 saturated carbocycles. The van der Waals surface area contributed by atoms with E-state index in [2.05, 4.69) is 6.92 Å². The van der Waals surface area contributed by atoms with E-state index in [0.29, 0.717) is 41.1 Å². The minimum Gasteiger partial charge on any atom is -1.00 e. The van der Waals surface area contributed by atoms with Gasteiger partial charge in [-0.15, -0.1) is 0 Å². The second-order valence-electron chi connectivity index (χ2n) is 11.0. The van der Waals surface area contributed by atoms with Crippen LogP contribution in [0.4, 0.5) is 0 Å². The minimum atomic E-state index is -0.129. The molecule has 7 heteroatoms. The summed E-state index contributed by atoms with van der Waals surface area (Å²) in [5, 5.41) is 1.01. The number of benzene rings is 2. The third-order valence-corrected chi connectivity index (χ3v) is 8.09. The number of amides is 1. The first-order chi connectivity index (χ1) is 20.0. The van der Waals surface area contributed by atoms with Crippen LogP contribution < -0.4 is 33.3 Å². The maximum Gasteiger partial charge on any atom is 0.255 e. The molecule has 3 aromatic rings. The standard InChI is InChI=1S/C35H47Cl2N2O2.HI/c1-3-4-5-6-7-8-9-10-11-12-13-16-26-41-34-30(18-17-21-33(34)37)28-39(27-29-22-24-38(2)25-23-29)35(40)31-19-14-15-20-32(31)36;/h14-15,17-25H,3-13,16,26-28H2,1-2H3;1H/q+1;/p-1. The zero-order valence-corrected chi connectivity index (χ0v) is 29.0. The molecule has 0 radical (unpaired) electrons. The highest BCUT2D eigenvalue weighted by atomic mass is 127. The fraction of sp³-hybridized carbons (Fsp3) is 0.486. The number of hydrogen-bond acceptors (Lipinski definition) is 2. The highest BCUT2D eigenvalue weighted by molar-refractivity contribution is 6.33. The van der Waals surface area contributed by atoms with Crippen LogP contribution in [0.15, 0.2) is 67.0 Å². The Kier molecular flexibility index (Phi) is 18.2. The number of aromatic nitrogens is 1. The summed E-state index contributed by atoms with van der Waals surface area (Å²) >= 11 is 13.0. The number of pyridine rings is 1.